The van der Waals surface area contributed by atoms with E-state index in [9.17, 15) is 4.79 Å². The Morgan fingerprint density at radius 1 is 0.556 bits per heavy atom. The number of esters is 1. The monoisotopic (exact) mass is 516 g/mol. The van der Waals surface area contributed by atoms with Crippen molar-refractivity contribution in [1.82, 2.24) is 0 Å². The summed E-state index contributed by atoms with van der Waals surface area (Å²) in [4.78, 5) is 11.5. The molecule has 36 heavy (non-hydrogen) atoms. The van der Waals surface area contributed by atoms with Gasteiger partial charge < -0.3 is 42.6 Å². The average Bonchev–Trinajstić information content (AvgIpc) is 2.84. The molecule has 0 aromatic heterocycles. The second-order valence-corrected chi connectivity index (χ2v) is 8.47. The van der Waals surface area contributed by atoms with Crippen LogP contribution < -0.4 is 4.74 Å². The van der Waals surface area contributed by atoms with E-state index >= 15 is 0 Å². The van der Waals surface area contributed by atoms with E-state index < -0.39 is 5.60 Å². The van der Waals surface area contributed by atoms with Crippen LogP contribution in [0.15, 0.2) is 30.3 Å². The third kappa shape index (κ3) is 22.7. The zero-order chi connectivity index (χ0) is 26.2. The molecule has 0 spiro atoms. The minimum atomic E-state index is -0.504. The molecule has 0 heterocycles. The molecule has 0 N–H and O–H groups in total. The van der Waals surface area contributed by atoms with Crippen molar-refractivity contribution in [1.29, 1.82) is 0 Å². The molecule has 0 fully saturated rings. The van der Waals surface area contributed by atoms with Crippen LogP contribution in [0.4, 0.5) is 0 Å². The highest BCUT2D eigenvalue weighted by Gasteiger charge is 2.15. The summed E-state index contributed by atoms with van der Waals surface area (Å²) in [5, 5.41) is 0. The maximum Gasteiger partial charge on any atom is 0.332 e. The molecule has 1 aromatic rings. The number of carbonyl (C=O) groups is 1. The Bertz CT molecular complexity index is 621. The van der Waals surface area contributed by atoms with Crippen molar-refractivity contribution in [2.45, 2.75) is 26.4 Å². The summed E-state index contributed by atoms with van der Waals surface area (Å²) in [6.07, 6.45) is 0. The van der Waals surface area contributed by atoms with Gasteiger partial charge in [-0.2, -0.15) is 0 Å². The van der Waals surface area contributed by atoms with E-state index in [0.29, 0.717) is 92.5 Å². The zero-order valence-electron chi connectivity index (χ0n) is 22.1. The molecule has 10 nitrogen and oxygen atoms in total. The summed E-state index contributed by atoms with van der Waals surface area (Å²) in [6, 6.07) is 9.65. The lowest BCUT2D eigenvalue weighted by Crippen LogP contribution is -2.27. The maximum absolute atomic E-state index is 11.5. The van der Waals surface area contributed by atoms with Crippen molar-refractivity contribution in [3.8, 4) is 5.75 Å². The fraction of sp³-hybridized carbons (Fsp3) is 0.731. The first-order chi connectivity index (χ1) is 17.5. The van der Waals surface area contributed by atoms with E-state index in [0.717, 1.165) is 5.75 Å². The molecular formula is C26H44O10. The van der Waals surface area contributed by atoms with Crippen molar-refractivity contribution in [3.05, 3.63) is 30.3 Å². The number of hydrogen-bond donors (Lipinski definition) is 0. The van der Waals surface area contributed by atoms with Crippen molar-refractivity contribution < 1.29 is 47.4 Å². The Hall–Kier alpha value is -1.79. The lowest BCUT2D eigenvalue weighted by Gasteiger charge is -2.19. The molecular weight excluding hydrogens is 472 g/mol. The number of ether oxygens (including phenoxy) is 9. The van der Waals surface area contributed by atoms with Gasteiger partial charge in [-0.1, -0.05) is 18.2 Å². The van der Waals surface area contributed by atoms with Crippen LogP contribution in [0.5, 0.6) is 5.75 Å². The average molecular weight is 517 g/mol. The second kappa shape index (κ2) is 22.4. The number of rotatable bonds is 24. The summed E-state index contributed by atoms with van der Waals surface area (Å²) >= 11 is 0. The first kappa shape index (κ1) is 32.2. The Balaban J connectivity index is 1.68. The topological polar surface area (TPSA) is 100 Å². The summed E-state index contributed by atoms with van der Waals surface area (Å²) in [7, 11) is 0. The van der Waals surface area contributed by atoms with Gasteiger partial charge in [0, 0.05) is 0 Å². The predicted molar refractivity (Wildman–Crippen MR) is 134 cm³/mol. The van der Waals surface area contributed by atoms with Gasteiger partial charge in [-0.15, -0.1) is 0 Å². The van der Waals surface area contributed by atoms with Crippen LogP contribution in [0.3, 0.4) is 0 Å². The van der Waals surface area contributed by atoms with Gasteiger partial charge in [0.1, 0.15) is 24.6 Å². The Morgan fingerprint density at radius 2 is 0.917 bits per heavy atom. The molecule has 0 aliphatic rings. The van der Waals surface area contributed by atoms with E-state index in [2.05, 4.69) is 0 Å². The second-order valence-electron chi connectivity index (χ2n) is 8.47. The SMILES string of the molecule is CC(C)(C)OC(=O)COCCOCCOCCOCCOCCOCCOCCOc1ccccc1. The number of carbonyl (C=O) groups excluding carboxylic acids is 1. The highest BCUT2D eigenvalue weighted by molar-refractivity contribution is 5.71. The largest absolute Gasteiger partial charge is 0.491 e. The minimum Gasteiger partial charge on any atom is -0.491 e. The van der Waals surface area contributed by atoms with Crippen molar-refractivity contribution in [2.24, 2.45) is 0 Å². The Labute approximate surface area is 215 Å². The van der Waals surface area contributed by atoms with Crippen molar-refractivity contribution >= 4 is 5.97 Å². The Kier molecular flexibility index (Phi) is 20.1. The summed E-state index contributed by atoms with van der Waals surface area (Å²) in [6.45, 7) is 12.1. The molecule has 1 aromatic carbocycles. The first-order valence-corrected chi connectivity index (χ1v) is 12.4. The van der Waals surface area contributed by atoms with E-state index in [4.69, 9.17) is 42.6 Å². The van der Waals surface area contributed by atoms with Crippen LogP contribution in [0, 0.1) is 0 Å². The van der Waals surface area contributed by atoms with Crippen LogP contribution in [0.25, 0.3) is 0 Å². The molecule has 0 saturated carbocycles. The molecule has 1 rings (SSSR count). The van der Waals surface area contributed by atoms with Crippen LogP contribution in [0.2, 0.25) is 0 Å². The number of hydrogen-bond acceptors (Lipinski definition) is 10. The third-order valence-corrected chi connectivity index (χ3v) is 4.11. The van der Waals surface area contributed by atoms with E-state index in [-0.39, 0.29) is 12.6 Å². The maximum atomic E-state index is 11.5. The van der Waals surface area contributed by atoms with Gasteiger partial charge in [0.25, 0.3) is 0 Å². The molecule has 0 unspecified atom stereocenters. The highest BCUT2D eigenvalue weighted by atomic mass is 16.6. The highest BCUT2D eigenvalue weighted by Crippen LogP contribution is 2.08. The van der Waals surface area contributed by atoms with E-state index in [1.807, 2.05) is 51.1 Å². The van der Waals surface area contributed by atoms with Crippen LogP contribution in [0.1, 0.15) is 20.8 Å². The minimum absolute atomic E-state index is 0.0771. The standard InChI is InChI=1S/C26H44O10/c1-26(2,3)36-25(27)23-34-20-19-32-16-15-30-12-11-28-9-10-29-13-14-31-17-18-33-21-22-35-24-7-5-4-6-8-24/h4-8H,9-23H2,1-3H3. The molecule has 0 aliphatic heterocycles. The smallest absolute Gasteiger partial charge is 0.332 e. The van der Waals surface area contributed by atoms with Crippen molar-refractivity contribution in [3.63, 3.8) is 0 Å². The molecule has 0 radical (unpaired) electrons. The van der Waals surface area contributed by atoms with Gasteiger partial charge in [0.05, 0.1) is 85.9 Å². The van der Waals surface area contributed by atoms with Gasteiger partial charge in [-0.3, -0.25) is 0 Å². The molecule has 0 saturated heterocycles. The molecule has 0 aliphatic carbocycles. The number of benzene rings is 1. The van der Waals surface area contributed by atoms with Gasteiger partial charge in [-0.25, -0.2) is 4.79 Å². The molecule has 0 atom stereocenters. The fourth-order valence-corrected chi connectivity index (χ4v) is 2.58. The first-order valence-electron chi connectivity index (χ1n) is 12.4. The fourth-order valence-electron chi connectivity index (χ4n) is 2.58. The summed E-state index contributed by atoms with van der Waals surface area (Å²) < 4.78 is 48.4. The van der Waals surface area contributed by atoms with Gasteiger partial charge in [0.2, 0.25) is 0 Å². The molecule has 0 bridgehead atoms. The lowest BCUT2D eigenvalue weighted by molar-refractivity contribution is -0.160. The quantitative estimate of drug-likeness (QED) is 0.151. The lowest BCUT2D eigenvalue weighted by atomic mass is 10.2. The normalized spacial score (nSPS) is 11.5. The van der Waals surface area contributed by atoms with E-state index in [1.54, 1.807) is 0 Å². The Morgan fingerprint density at radius 3 is 1.31 bits per heavy atom. The summed E-state index contributed by atoms with van der Waals surface area (Å²) in [5.41, 5.74) is -0.504. The number of para-hydroxylation sites is 1. The molecule has 0 amide bonds. The van der Waals surface area contributed by atoms with Gasteiger partial charge in [0.15, 0.2) is 0 Å². The van der Waals surface area contributed by atoms with Crippen LogP contribution >= 0.6 is 0 Å². The molecule has 208 valence electrons. The predicted octanol–water partition coefficient (Wildman–Crippen LogP) is 2.52. The van der Waals surface area contributed by atoms with Gasteiger partial charge >= 0.3 is 5.97 Å². The van der Waals surface area contributed by atoms with Gasteiger partial charge in [-0.05, 0) is 32.9 Å². The zero-order valence-corrected chi connectivity index (χ0v) is 22.1. The summed E-state index contributed by atoms with van der Waals surface area (Å²) in [5.74, 6) is 0.459. The molecule has 10 heteroatoms. The van der Waals surface area contributed by atoms with Crippen LogP contribution in [-0.4, -0.2) is 111 Å². The van der Waals surface area contributed by atoms with Crippen molar-refractivity contribution in [2.75, 3.05) is 99.1 Å². The van der Waals surface area contributed by atoms with Crippen LogP contribution in [-0.2, 0) is 42.7 Å². The van der Waals surface area contributed by atoms with E-state index in [1.165, 1.54) is 0 Å². The third-order valence-electron chi connectivity index (χ3n) is 4.11.